The van der Waals surface area contributed by atoms with Crippen molar-refractivity contribution < 1.29 is 4.92 Å². The van der Waals surface area contributed by atoms with Gasteiger partial charge in [-0.25, -0.2) is 0 Å². The van der Waals surface area contributed by atoms with Gasteiger partial charge in [0.1, 0.15) is 17.4 Å². The second-order valence-electron chi connectivity index (χ2n) is 5.60. The second-order valence-corrected chi connectivity index (χ2v) is 6.42. The Labute approximate surface area is 153 Å². The van der Waals surface area contributed by atoms with Crippen LogP contribution in [0.1, 0.15) is 30.2 Å². The molecule has 0 fully saturated rings. The molecule has 0 unspecified atom stereocenters. The highest BCUT2D eigenvalue weighted by molar-refractivity contribution is 7.71. The van der Waals surface area contributed by atoms with Gasteiger partial charge in [0, 0.05) is 5.02 Å². The first-order valence-electron chi connectivity index (χ1n) is 7.44. The monoisotopic (exact) mass is 378 g/mol. The summed E-state index contributed by atoms with van der Waals surface area (Å²) in [5.74, 6) is 0.577. The number of rotatable bonds is 4. The Kier molecular flexibility index (Phi) is 4.44. The minimum absolute atomic E-state index is 0.00953. The fraction of sp³-hybridized carbons (Fsp3) is 0.267. The van der Waals surface area contributed by atoms with Gasteiger partial charge in [-0.2, -0.15) is 10.2 Å². The van der Waals surface area contributed by atoms with E-state index >= 15 is 0 Å². The van der Waals surface area contributed by atoms with Crippen LogP contribution in [0.15, 0.2) is 24.3 Å². The molecule has 1 N–H and O–H groups in total. The summed E-state index contributed by atoms with van der Waals surface area (Å²) < 4.78 is 3.73. The highest BCUT2D eigenvalue weighted by atomic mass is 35.5. The lowest BCUT2D eigenvalue weighted by atomic mass is 10.2. The van der Waals surface area contributed by atoms with E-state index in [1.807, 2.05) is 19.1 Å². The summed E-state index contributed by atoms with van der Waals surface area (Å²) in [6.07, 6.45) is 0. The molecule has 130 valence electrons. The average molecular weight is 379 g/mol. The summed E-state index contributed by atoms with van der Waals surface area (Å²) >= 11 is 11.4. The number of nitrogens with one attached hydrogen (secondary N) is 1. The molecule has 0 radical (unpaired) electrons. The number of benzene rings is 1. The number of aryl methyl sites for hydroxylation is 1. The van der Waals surface area contributed by atoms with Gasteiger partial charge in [-0.15, -0.1) is 0 Å². The predicted octanol–water partition coefficient (Wildman–Crippen LogP) is 3.91. The number of H-pyrrole nitrogens is 1. The van der Waals surface area contributed by atoms with Crippen molar-refractivity contribution in [2.24, 2.45) is 0 Å². The fourth-order valence-electron chi connectivity index (χ4n) is 2.86. The molecule has 0 amide bonds. The van der Waals surface area contributed by atoms with Crippen molar-refractivity contribution in [1.29, 1.82) is 0 Å². The second kappa shape index (κ2) is 6.41. The highest BCUT2D eigenvalue weighted by Crippen LogP contribution is 2.28. The Bertz CT molecular complexity index is 1020. The van der Waals surface area contributed by atoms with Crippen molar-refractivity contribution >= 4 is 29.5 Å². The minimum atomic E-state index is -0.422. The first kappa shape index (κ1) is 17.3. The lowest BCUT2D eigenvalue weighted by Gasteiger charge is -2.15. The van der Waals surface area contributed by atoms with Gasteiger partial charge in [-0.1, -0.05) is 17.7 Å². The first-order valence-corrected chi connectivity index (χ1v) is 8.23. The van der Waals surface area contributed by atoms with E-state index in [1.165, 1.54) is 0 Å². The molecule has 25 heavy (non-hydrogen) atoms. The molecule has 3 rings (SSSR count). The lowest BCUT2D eigenvalue weighted by Crippen LogP contribution is -2.15. The zero-order valence-corrected chi connectivity index (χ0v) is 15.3. The van der Waals surface area contributed by atoms with Gasteiger partial charge < -0.3 is 0 Å². The van der Waals surface area contributed by atoms with Crippen molar-refractivity contribution in [2.45, 2.75) is 26.8 Å². The van der Waals surface area contributed by atoms with E-state index in [4.69, 9.17) is 23.8 Å². The van der Waals surface area contributed by atoms with E-state index in [2.05, 4.69) is 15.3 Å². The molecule has 1 aromatic carbocycles. The highest BCUT2D eigenvalue weighted by Gasteiger charge is 2.27. The molecule has 0 aliphatic heterocycles. The molecular weight excluding hydrogens is 364 g/mol. The molecule has 0 saturated carbocycles. The largest absolute Gasteiger partial charge is 0.312 e. The topological polar surface area (TPSA) is 94.6 Å². The Morgan fingerprint density at radius 3 is 2.72 bits per heavy atom. The zero-order valence-electron chi connectivity index (χ0n) is 13.7. The van der Waals surface area contributed by atoms with E-state index in [-0.39, 0.29) is 11.7 Å². The summed E-state index contributed by atoms with van der Waals surface area (Å²) in [4.78, 5) is 10.8. The number of aromatic amines is 1. The van der Waals surface area contributed by atoms with Crippen molar-refractivity contribution in [3.8, 4) is 5.69 Å². The van der Waals surface area contributed by atoms with E-state index in [1.54, 1.807) is 35.2 Å². The summed E-state index contributed by atoms with van der Waals surface area (Å²) in [5.41, 5.74) is 1.58. The number of nitro groups is 1. The standard InChI is InChI=1S/C15H15ClN6O2S/c1-8-13(22(23)24)9(2)21(19-8)10(3)14-17-18-15(25)20(14)12-6-4-5-11(16)7-12/h4-7,10H,1-3H3,(H,18,25)/t10-/m1/s1. The summed E-state index contributed by atoms with van der Waals surface area (Å²) in [6.45, 7) is 5.14. The molecule has 2 heterocycles. The fourth-order valence-corrected chi connectivity index (χ4v) is 3.29. The molecule has 1 atom stereocenters. The van der Waals surface area contributed by atoms with Crippen LogP contribution >= 0.6 is 23.8 Å². The molecule has 0 aliphatic rings. The number of hydrogen-bond donors (Lipinski definition) is 1. The maximum Gasteiger partial charge on any atom is 0.312 e. The number of aromatic nitrogens is 5. The molecule has 3 aromatic rings. The molecule has 8 nitrogen and oxygen atoms in total. The molecule has 2 aromatic heterocycles. The third-order valence-corrected chi connectivity index (χ3v) is 4.48. The maximum absolute atomic E-state index is 11.2. The molecule has 0 saturated heterocycles. The van der Waals surface area contributed by atoms with E-state index in [9.17, 15) is 10.1 Å². The average Bonchev–Trinajstić information content (AvgIpc) is 3.06. The van der Waals surface area contributed by atoms with Gasteiger partial charge in [0.15, 0.2) is 10.6 Å². The van der Waals surface area contributed by atoms with Gasteiger partial charge in [0.2, 0.25) is 0 Å². The molecule has 0 aliphatic carbocycles. The molecule has 0 spiro atoms. The molecular formula is C15H15ClN6O2S. The number of hydrogen-bond acceptors (Lipinski definition) is 5. The zero-order chi connectivity index (χ0) is 18.3. The van der Waals surface area contributed by atoms with Crippen LogP contribution in [0.2, 0.25) is 5.02 Å². The van der Waals surface area contributed by atoms with Crippen LogP contribution < -0.4 is 0 Å². The van der Waals surface area contributed by atoms with Crippen LogP contribution in [0.5, 0.6) is 0 Å². The van der Waals surface area contributed by atoms with E-state index < -0.39 is 4.92 Å². The van der Waals surface area contributed by atoms with Crippen molar-refractivity contribution in [2.75, 3.05) is 0 Å². The lowest BCUT2D eigenvalue weighted by molar-refractivity contribution is -0.386. The Morgan fingerprint density at radius 1 is 1.40 bits per heavy atom. The normalized spacial score (nSPS) is 12.3. The van der Waals surface area contributed by atoms with Crippen LogP contribution in [-0.4, -0.2) is 29.5 Å². The van der Waals surface area contributed by atoms with E-state index in [0.717, 1.165) is 5.69 Å². The minimum Gasteiger partial charge on any atom is -0.270 e. The summed E-state index contributed by atoms with van der Waals surface area (Å²) in [6, 6.07) is 6.83. The first-order chi connectivity index (χ1) is 11.8. The summed E-state index contributed by atoms with van der Waals surface area (Å²) in [7, 11) is 0. The van der Waals surface area contributed by atoms with Gasteiger partial charge in [0.05, 0.1) is 10.6 Å². The van der Waals surface area contributed by atoms with Crippen molar-refractivity contribution in [3.05, 3.63) is 61.4 Å². The molecule has 0 bridgehead atoms. The Hall–Kier alpha value is -2.52. The van der Waals surface area contributed by atoms with Crippen molar-refractivity contribution in [1.82, 2.24) is 24.5 Å². The molecule has 10 heteroatoms. The van der Waals surface area contributed by atoms with Crippen LogP contribution in [0.25, 0.3) is 5.69 Å². The Morgan fingerprint density at radius 2 is 2.12 bits per heavy atom. The van der Waals surface area contributed by atoms with Crippen LogP contribution in [0, 0.1) is 28.7 Å². The maximum atomic E-state index is 11.2. The van der Waals surface area contributed by atoms with Gasteiger partial charge in [-0.3, -0.25) is 24.5 Å². The van der Waals surface area contributed by atoms with Gasteiger partial charge in [-0.05, 0) is 51.2 Å². The predicted molar refractivity (Wildman–Crippen MR) is 95.9 cm³/mol. The number of halogens is 1. The Balaban J connectivity index is 2.14. The van der Waals surface area contributed by atoms with Gasteiger partial charge >= 0.3 is 5.69 Å². The van der Waals surface area contributed by atoms with Crippen LogP contribution in [0.4, 0.5) is 5.69 Å². The number of nitrogens with zero attached hydrogens (tertiary/aromatic N) is 5. The van der Waals surface area contributed by atoms with E-state index in [0.29, 0.717) is 27.0 Å². The quantitative estimate of drug-likeness (QED) is 0.422. The van der Waals surface area contributed by atoms with Crippen molar-refractivity contribution in [3.63, 3.8) is 0 Å². The van der Waals surface area contributed by atoms with Gasteiger partial charge in [0.25, 0.3) is 0 Å². The third kappa shape index (κ3) is 2.96. The smallest absolute Gasteiger partial charge is 0.270 e. The third-order valence-electron chi connectivity index (χ3n) is 3.97. The van der Waals surface area contributed by atoms with Crippen LogP contribution in [0.3, 0.4) is 0 Å². The SMILES string of the molecule is Cc1nn([C@H](C)c2n[nH]c(=S)n2-c2cccc(Cl)c2)c(C)c1[N+](=O)[O-]. The van der Waals surface area contributed by atoms with Crippen LogP contribution in [-0.2, 0) is 0 Å². The summed E-state index contributed by atoms with van der Waals surface area (Å²) in [5, 5.41) is 23.2.